The molecule has 1 aliphatic rings. The van der Waals surface area contributed by atoms with E-state index in [0.717, 1.165) is 0 Å². The van der Waals surface area contributed by atoms with E-state index in [1.165, 1.54) is 41.5 Å². The number of aromatic nitrogens is 4. The van der Waals surface area contributed by atoms with Gasteiger partial charge in [-0.15, -0.1) is 0 Å². The first-order valence-corrected chi connectivity index (χ1v) is 13.7. The molecule has 1 saturated heterocycles. The van der Waals surface area contributed by atoms with Gasteiger partial charge >= 0.3 is 17.9 Å². The Hall–Kier alpha value is -5.95. The Labute approximate surface area is 255 Å². The van der Waals surface area contributed by atoms with Crippen LogP contribution in [-0.4, -0.2) is 68.6 Å². The summed E-state index contributed by atoms with van der Waals surface area (Å²) in [6, 6.07) is 24.3. The smallest absolute Gasteiger partial charge is 0.338 e. The van der Waals surface area contributed by atoms with Gasteiger partial charge in [-0.3, -0.25) is 9.36 Å². The topological polar surface area (TPSA) is 175 Å². The maximum Gasteiger partial charge on any atom is 0.338 e. The van der Waals surface area contributed by atoms with E-state index < -0.39 is 48.6 Å². The van der Waals surface area contributed by atoms with Crippen molar-refractivity contribution in [2.24, 2.45) is 0 Å². The Balaban J connectivity index is 1.44. The van der Waals surface area contributed by atoms with Crippen LogP contribution in [0.2, 0.25) is 0 Å². The van der Waals surface area contributed by atoms with E-state index >= 15 is 0 Å². The first kappa shape index (κ1) is 29.1. The minimum Gasteiger partial charge on any atom is -0.459 e. The van der Waals surface area contributed by atoms with Gasteiger partial charge in [0.1, 0.15) is 30.9 Å². The lowest BCUT2D eigenvalue weighted by Crippen LogP contribution is -2.50. The van der Waals surface area contributed by atoms with Gasteiger partial charge in [-0.2, -0.15) is 0 Å². The fourth-order valence-electron chi connectivity index (χ4n) is 5.02. The number of imidazole rings is 1. The Kier molecular flexibility index (Phi) is 7.99. The van der Waals surface area contributed by atoms with E-state index in [0.29, 0.717) is 6.29 Å². The fourth-order valence-corrected chi connectivity index (χ4v) is 5.02. The van der Waals surface area contributed by atoms with E-state index in [-0.39, 0.29) is 33.7 Å². The lowest BCUT2D eigenvalue weighted by atomic mass is 10.0. The van der Waals surface area contributed by atoms with Crippen LogP contribution in [0.5, 0.6) is 0 Å². The van der Waals surface area contributed by atoms with Gasteiger partial charge in [0.05, 0.1) is 16.7 Å². The van der Waals surface area contributed by atoms with Crippen molar-refractivity contribution in [2.45, 2.75) is 24.0 Å². The van der Waals surface area contributed by atoms with Gasteiger partial charge in [0.25, 0.3) is 0 Å². The summed E-state index contributed by atoms with van der Waals surface area (Å²) in [6.07, 6.45) is -1.61. The number of hydrogen-bond donors (Lipinski definition) is 1. The molecule has 5 aromatic rings. The summed E-state index contributed by atoms with van der Waals surface area (Å²) in [5.41, 5.74) is 4.62. The number of nitrogens with two attached hydrogens (primary N) is 1. The highest BCUT2D eigenvalue weighted by molar-refractivity contribution is 5.91. The van der Waals surface area contributed by atoms with Gasteiger partial charge in [-0.05, 0) is 36.4 Å². The lowest BCUT2D eigenvalue weighted by molar-refractivity contribution is -0.161. The van der Waals surface area contributed by atoms with Gasteiger partial charge in [0.2, 0.25) is 5.72 Å². The van der Waals surface area contributed by atoms with Crippen molar-refractivity contribution in [1.29, 1.82) is 0 Å². The van der Waals surface area contributed by atoms with Gasteiger partial charge in [0.15, 0.2) is 30.0 Å². The van der Waals surface area contributed by atoms with Crippen LogP contribution in [0.1, 0.15) is 31.1 Å². The zero-order chi connectivity index (χ0) is 31.4. The van der Waals surface area contributed by atoms with Crippen molar-refractivity contribution >= 4 is 41.2 Å². The van der Waals surface area contributed by atoms with Crippen molar-refractivity contribution in [1.82, 2.24) is 19.5 Å². The number of rotatable bonds is 9. The van der Waals surface area contributed by atoms with Crippen molar-refractivity contribution in [3.63, 3.8) is 0 Å². The average molecular weight is 608 g/mol. The predicted molar refractivity (Wildman–Crippen MR) is 157 cm³/mol. The quantitative estimate of drug-likeness (QED) is 0.148. The highest BCUT2D eigenvalue weighted by Crippen LogP contribution is 2.41. The standard InChI is InChI=1S/C32H25N5O8/c33-27-24-28(35-18-34-27)37(19-36-24)32(17-38)26(44-31(41)22-14-8-3-9-15-22)25(43-30(40)21-12-6-2-7-13-21)23(45-32)16-42-29(39)20-10-4-1-5-11-20/h1-15,17-19,23,25-26H,16H2,(H2,33,34,35)/t23-,25-,26-,32-/m1/s1. The summed E-state index contributed by atoms with van der Waals surface area (Å²) in [7, 11) is 0. The largest absolute Gasteiger partial charge is 0.459 e. The minimum atomic E-state index is -2.20. The summed E-state index contributed by atoms with van der Waals surface area (Å²) >= 11 is 0. The molecule has 2 N–H and O–H groups in total. The van der Waals surface area contributed by atoms with Crippen LogP contribution in [0.4, 0.5) is 5.82 Å². The van der Waals surface area contributed by atoms with Crippen molar-refractivity contribution in [2.75, 3.05) is 12.3 Å². The molecule has 2 aromatic heterocycles. The second-order valence-corrected chi connectivity index (χ2v) is 9.96. The molecule has 4 atom stereocenters. The van der Waals surface area contributed by atoms with Crippen LogP contribution in [0.3, 0.4) is 0 Å². The maximum atomic E-state index is 13.5. The Morgan fingerprint density at radius 3 is 1.93 bits per heavy atom. The molecule has 1 aliphatic heterocycles. The van der Waals surface area contributed by atoms with Crippen molar-refractivity contribution in [3.05, 3.63) is 120 Å². The summed E-state index contributed by atoms with van der Waals surface area (Å²) < 4.78 is 24.9. The number of aldehydes is 1. The molecule has 0 aliphatic carbocycles. The fraction of sp³-hybridized carbons (Fsp3) is 0.156. The number of carbonyl (C=O) groups is 4. The normalized spacial score (nSPS) is 20.8. The van der Waals surface area contributed by atoms with Crippen LogP contribution in [0.15, 0.2) is 104 Å². The SMILES string of the molecule is Nc1ncnc2c1ncn2[C@]1(C=O)O[C@H](COC(=O)c2ccccc2)[C@@H](OC(=O)c2ccccc2)[C@H]1OC(=O)c1ccccc1. The molecule has 226 valence electrons. The molecule has 45 heavy (non-hydrogen) atoms. The third-order valence-corrected chi connectivity index (χ3v) is 7.20. The second-order valence-electron chi connectivity index (χ2n) is 9.96. The van der Waals surface area contributed by atoms with Crippen LogP contribution in [0, 0.1) is 0 Å². The summed E-state index contributed by atoms with van der Waals surface area (Å²) in [5, 5.41) is 0. The number of hydrogen-bond acceptors (Lipinski definition) is 12. The summed E-state index contributed by atoms with van der Waals surface area (Å²) in [5.74, 6) is -2.30. The molecule has 0 bridgehead atoms. The van der Waals surface area contributed by atoms with E-state index in [9.17, 15) is 19.2 Å². The third-order valence-electron chi connectivity index (χ3n) is 7.20. The van der Waals surface area contributed by atoms with Gasteiger partial charge in [0, 0.05) is 0 Å². The molecule has 0 saturated carbocycles. The van der Waals surface area contributed by atoms with Crippen molar-refractivity contribution in [3.8, 4) is 0 Å². The van der Waals surface area contributed by atoms with Crippen LogP contribution < -0.4 is 5.73 Å². The van der Waals surface area contributed by atoms with E-state index in [4.69, 9.17) is 24.7 Å². The molecular weight excluding hydrogens is 582 g/mol. The molecule has 13 nitrogen and oxygen atoms in total. The van der Waals surface area contributed by atoms with Gasteiger partial charge in [-0.1, -0.05) is 54.6 Å². The number of nitrogens with zero attached hydrogens (tertiary/aromatic N) is 4. The number of nitrogen functional groups attached to an aromatic ring is 1. The summed E-state index contributed by atoms with van der Waals surface area (Å²) in [6.45, 7) is -0.487. The van der Waals surface area contributed by atoms with Crippen LogP contribution >= 0.6 is 0 Å². The molecule has 0 spiro atoms. The Morgan fingerprint density at radius 2 is 1.36 bits per heavy atom. The number of anilines is 1. The molecule has 1 fully saturated rings. The molecule has 0 unspecified atom stereocenters. The second kappa shape index (κ2) is 12.3. The van der Waals surface area contributed by atoms with Gasteiger partial charge in [-0.25, -0.2) is 29.3 Å². The van der Waals surface area contributed by atoms with Gasteiger partial charge < -0.3 is 24.7 Å². The Morgan fingerprint density at radius 1 is 0.800 bits per heavy atom. The predicted octanol–water partition coefficient (Wildman–Crippen LogP) is 2.97. The maximum absolute atomic E-state index is 13.5. The van der Waals surface area contributed by atoms with E-state index in [2.05, 4.69) is 15.0 Å². The highest BCUT2D eigenvalue weighted by Gasteiger charge is 2.62. The number of fused-ring (bicyclic) bond motifs is 1. The number of esters is 3. The highest BCUT2D eigenvalue weighted by atomic mass is 16.7. The minimum absolute atomic E-state index is 0.0241. The Bertz CT molecular complexity index is 1850. The van der Waals surface area contributed by atoms with Crippen LogP contribution in [0.25, 0.3) is 11.2 Å². The molecule has 0 radical (unpaired) electrons. The molecule has 6 rings (SSSR count). The molecule has 13 heteroatoms. The monoisotopic (exact) mass is 607 g/mol. The van der Waals surface area contributed by atoms with Crippen LogP contribution in [-0.2, 0) is 29.5 Å². The lowest BCUT2D eigenvalue weighted by Gasteiger charge is -2.31. The zero-order valence-corrected chi connectivity index (χ0v) is 23.5. The number of ether oxygens (including phenoxy) is 4. The molecule has 3 heterocycles. The third kappa shape index (κ3) is 5.59. The molecule has 3 aromatic carbocycles. The van der Waals surface area contributed by atoms with E-state index in [1.807, 2.05) is 0 Å². The zero-order valence-electron chi connectivity index (χ0n) is 23.5. The first-order chi connectivity index (χ1) is 21.9. The number of benzene rings is 3. The van der Waals surface area contributed by atoms with Crippen molar-refractivity contribution < 1.29 is 38.1 Å². The first-order valence-electron chi connectivity index (χ1n) is 13.7. The average Bonchev–Trinajstić information content (AvgIpc) is 3.65. The molecule has 0 amide bonds. The summed E-state index contributed by atoms with van der Waals surface area (Å²) in [4.78, 5) is 65.3. The number of carbonyl (C=O) groups excluding carboxylic acids is 4. The molecular formula is C32H25N5O8. The van der Waals surface area contributed by atoms with E-state index in [1.54, 1.807) is 66.7 Å².